The average molecular weight is 256 g/mol. The van der Waals surface area contributed by atoms with E-state index in [0.717, 1.165) is 19.4 Å². The lowest BCUT2D eigenvalue weighted by Gasteiger charge is -2.32. The highest BCUT2D eigenvalue weighted by molar-refractivity contribution is 5.80. The SMILES string of the molecule is CC(=O)N1CCCC(C(=O)NC(C)CC(C)O)C1. The van der Waals surface area contributed by atoms with E-state index in [9.17, 15) is 14.7 Å². The van der Waals surface area contributed by atoms with Crippen LogP contribution in [0.25, 0.3) is 0 Å². The van der Waals surface area contributed by atoms with Crippen molar-refractivity contribution in [3.05, 3.63) is 0 Å². The summed E-state index contributed by atoms with van der Waals surface area (Å²) in [5.74, 6) is -0.0854. The molecule has 0 radical (unpaired) electrons. The number of rotatable bonds is 4. The lowest BCUT2D eigenvalue weighted by atomic mass is 9.96. The van der Waals surface area contributed by atoms with Crippen molar-refractivity contribution in [3.63, 3.8) is 0 Å². The molecule has 0 aromatic carbocycles. The van der Waals surface area contributed by atoms with E-state index in [-0.39, 0.29) is 23.8 Å². The number of aliphatic hydroxyl groups excluding tert-OH is 1. The summed E-state index contributed by atoms with van der Waals surface area (Å²) in [6, 6.07) is -0.0368. The van der Waals surface area contributed by atoms with Gasteiger partial charge in [0.2, 0.25) is 11.8 Å². The first kappa shape index (κ1) is 15.0. The second-order valence-corrected chi connectivity index (χ2v) is 5.30. The first-order chi connectivity index (χ1) is 8.40. The van der Waals surface area contributed by atoms with Gasteiger partial charge in [0, 0.05) is 26.1 Å². The molecule has 104 valence electrons. The smallest absolute Gasteiger partial charge is 0.225 e. The fraction of sp³-hybridized carbons (Fsp3) is 0.846. The van der Waals surface area contributed by atoms with Gasteiger partial charge in [0.1, 0.15) is 0 Å². The van der Waals surface area contributed by atoms with E-state index >= 15 is 0 Å². The minimum atomic E-state index is -0.416. The van der Waals surface area contributed by atoms with E-state index in [4.69, 9.17) is 0 Å². The highest BCUT2D eigenvalue weighted by atomic mass is 16.3. The van der Waals surface area contributed by atoms with Gasteiger partial charge in [-0.3, -0.25) is 9.59 Å². The maximum Gasteiger partial charge on any atom is 0.225 e. The first-order valence-corrected chi connectivity index (χ1v) is 6.64. The Hall–Kier alpha value is -1.10. The average Bonchev–Trinajstić information content (AvgIpc) is 2.27. The third kappa shape index (κ3) is 4.64. The van der Waals surface area contributed by atoms with Crippen LogP contribution >= 0.6 is 0 Å². The highest BCUT2D eigenvalue weighted by Gasteiger charge is 2.27. The predicted molar refractivity (Wildman–Crippen MR) is 68.9 cm³/mol. The molecule has 1 saturated heterocycles. The van der Waals surface area contributed by atoms with Crippen molar-refractivity contribution in [1.82, 2.24) is 10.2 Å². The molecule has 0 spiro atoms. The van der Waals surface area contributed by atoms with Crippen LogP contribution in [0.4, 0.5) is 0 Å². The van der Waals surface area contributed by atoms with Crippen molar-refractivity contribution in [2.45, 2.75) is 52.2 Å². The Morgan fingerprint density at radius 2 is 2.11 bits per heavy atom. The van der Waals surface area contributed by atoms with Crippen molar-refractivity contribution in [1.29, 1.82) is 0 Å². The zero-order chi connectivity index (χ0) is 13.7. The normalized spacial score (nSPS) is 23.3. The van der Waals surface area contributed by atoms with E-state index in [1.165, 1.54) is 6.92 Å². The second kappa shape index (κ2) is 6.73. The predicted octanol–water partition coefficient (Wildman–Crippen LogP) is 0.520. The fourth-order valence-corrected chi connectivity index (χ4v) is 2.41. The molecule has 5 nitrogen and oxygen atoms in total. The summed E-state index contributed by atoms with van der Waals surface area (Å²) in [7, 11) is 0. The molecule has 18 heavy (non-hydrogen) atoms. The van der Waals surface area contributed by atoms with E-state index in [1.807, 2.05) is 6.92 Å². The molecule has 2 N–H and O–H groups in total. The first-order valence-electron chi connectivity index (χ1n) is 6.64. The third-order valence-electron chi connectivity index (χ3n) is 3.32. The van der Waals surface area contributed by atoms with Gasteiger partial charge < -0.3 is 15.3 Å². The second-order valence-electron chi connectivity index (χ2n) is 5.30. The maximum absolute atomic E-state index is 12.0. The molecule has 3 atom stereocenters. The van der Waals surface area contributed by atoms with Crippen molar-refractivity contribution in [2.24, 2.45) is 5.92 Å². The summed E-state index contributed by atoms with van der Waals surface area (Å²) in [5, 5.41) is 12.2. The minimum Gasteiger partial charge on any atom is -0.393 e. The van der Waals surface area contributed by atoms with Crippen molar-refractivity contribution >= 4 is 11.8 Å². The summed E-state index contributed by atoms with van der Waals surface area (Å²) < 4.78 is 0. The molecule has 3 unspecified atom stereocenters. The summed E-state index contributed by atoms with van der Waals surface area (Å²) in [6.07, 6.45) is 1.84. The molecule has 1 aliphatic rings. The number of carbonyl (C=O) groups excluding carboxylic acids is 2. The van der Waals surface area contributed by atoms with Crippen LogP contribution in [0.15, 0.2) is 0 Å². The Labute approximate surface area is 109 Å². The molecule has 0 aromatic heterocycles. The Kier molecular flexibility index (Phi) is 5.59. The van der Waals surface area contributed by atoms with Gasteiger partial charge in [0.05, 0.1) is 12.0 Å². The largest absolute Gasteiger partial charge is 0.393 e. The van der Waals surface area contributed by atoms with Crippen LogP contribution in [0.3, 0.4) is 0 Å². The number of nitrogens with one attached hydrogen (secondary N) is 1. The van der Waals surface area contributed by atoms with Crippen molar-refractivity contribution in [2.75, 3.05) is 13.1 Å². The van der Waals surface area contributed by atoms with Gasteiger partial charge >= 0.3 is 0 Å². The van der Waals surface area contributed by atoms with Gasteiger partial charge in [0.25, 0.3) is 0 Å². The highest BCUT2D eigenvalue weighted by Crippen LogP contribution is 2.17. The molecular formula is C13H24N2O3. The van der Waals surface area contributed by atoms with Crippen molar-refractivity contribution < 1.29 is 14.7 Å². The maximum atomic E-state index is 12.0. The van der Waals surface area contributed by atoms with Gasteiger partial charge in [0.15, 0.2) is 0 Å². The standard InChI is InChI=1S/C13H24N2O3/c1-9(7-10(2)16)14-13(18)12-5-4-6-15(8-12)11(3)17/h9-10,12,16H,4-8H2,1-3H3,(H,14,18). The molecule has 5 heteroatoms. The number of hydrogen-bond acceptors (Lipinski definition) is 3. The quantitative estimate of drug-likeness (QED) is 0.770. The number of likely N-dealkylation sites (tertiary alicyclic amines) is 1. The van der Waals surface area contributed by atoms with Crippen LogP contribution in [0.2, 0.25) is 0 Å². The number of nitrogens with zero attached hydrogens (tertiary/aromatic N) is 1. The number of hydrogen-bond donors (Lipinski definition) is 2. The zero-order valence-electron chi connectivity index (χ0n) is 11.5. The van der Waals surface area contributed by atoms with Gasteiger partial charge in [-0.15, -0.1) is 0 Å². The number of aliphatic hydroxyl groups is 1. The molecule has 1 heterocycles. The Morgan fingerprint density at radius 1 is 1.44 bits per heavy atom. The topological polar surface area (TPSA) is 69.6 Å². The third-order valence-corrected chi connectivity index (χ3v) is 3.32. The van der Waals surface area contributed by atoms with Crippen LogP contribution in [0, 0.1) is 5.92 Å². The summed E-state index contributed by atoms with van der Waals surface area (Å²) in [5.41, 5.74) is 0. The van der Waals surface area contributed by atoms with Crippen molar-refractivity contribution in [3.8, 4) is 0 Å². The molecule has 0 aromatic rings. The molecular weight excluding hydrogens is 232 g/mol. The number of carbonyl (C=O) groups is 2. The summed E-state index contributed by atoms with van der Waals surface area (Å²) in [4.78, 5) is 25.1. The van der Waals surface area contributed by atoms with Gasteiger partial charge in [-0.25, -0.2) is 0 Å². The van der Waals surface area contributed by atoms with E-state index < -0.39 is 6.10 Å². The molecule has 0 aliphatic carbocycles. The molecule has 1 fully saturated rings. The minimum absolute atomic E-state index is 0.00546. The molecule has 0 saturated carbocycles. The van der Waals surface area contributed by atoms with Crippen LogP contribution in [0.1, 0.15) is 40.0 Å². The Balaban J connectivity index is 2.43. The van der Waals surface area contributed by atoms with Crippen LogP contribution in [0.5, 0.6) is 0 Å². The molecule has 1 rings (SSSR count). The van der Waals surface area contributed by atoms with E-state index in [0.29, 0.717) is 13.0 Å². The van der Waals surface area contributed by atoms with Crippen LogP contribution < -0.4 is 5.32 Å². The number of piperidine rings is 1. The lowest BCUT2D eigenvalue weighted by Crippen LogP contribution is -2.47. The van der Waals surface area contributed by atoms with Gasteiger partial charge in [-0.1, -0.05) is 0 Å². The monoisotopic (exact) mass is 256 g/mol. The van der Waals surface area contributed by atoms with Crippen LogP contribution in [-0.4, -0.2) is 47.1 Å². The van der Waals surface area contributed by atoms with Gasteiger partial charge in [-0.05, 0) is 33.1 Å². The Bertz CT molecular complexity index is 305. The lowest BCUT2D eigenvalue weighted by molar-refractivity contribution is -0.134. The van der Waals surface area contributed by atoms with Gasteiger partial charge in [-0.2, -0.15) is 0 Å². The number of amides is 2. The Morgan fingerprint density at radius 3 is 2.67 bits per heavy atom. The molecule has 0 bridgehead atoms. The van der Waals surface area contributed by atoms with E-state index in [1.54, 1.807) is 11.8 Å². The van der Waals surface area contributed by atoms with E-state index in [2.05, 4.69) is 5.32 Å². The fourth-order valence-electron chi connectivity index (χ4n) is 2.41. The summed E-state index contributed by atoms with van der Waals surface area (Å²) in [6.45, 7) is 6.40. The molecule has 1 aliphatic heterocycles. The molecule has 2 amide bonds. The summed E-state index contributed by atoms with van der Waals surface area (Å²) >= 11 is 0. The zero-order valence-corrected chi connectivity index (χ0v) is 11.5. The van der Waals surface area contributed by atoms with Crippen LogP contribution in [-0.2, 0) is 9.59 Å².